The van der Waals surface area contributed by atoms with E-state index in [1.165, 1.54) is 12.8 Å². The van der Waals surface area contributed by atoms with E-state index in [9.17, 15) is 0 Å². The third kappa shape index (κ3) is 3.45. The van der Waals surface area contributed by atoms with Gasteiger partial charge in [-0.05, 0) is 12.8 Å². The topological polar surface area (TPSA) is 48.3 Å². The first kappa shape index (κ1) is 10.9. The van der Waals surface area contributed by atoms with Crippen LogP contribution in [0.4, 0.5) is 0 Å². The molecule has 4 nitrogen and oxygen atoms in total. The Morgan fingerprint density at radius 3 is 3.07 bits per heavy atom. The molecular weight excluding hydrogens is 190 g/mol. The van der Waals surface area contributed by atoms with Crippen molar-refractivity contribution in [2.45, 2.75) is 31.4 Å². The molecule has 15 heavy (non-hydrogen) atoms. The Labute approximate surface area is 91.2 Å². The van der Waals surface area contributed by atoms with Crippen molar-refractivity contribution < 1.29 is 4.74 Å². The van der Waals surface area contributed by atoms with E-state index in [0.29, 0.717) is 12.5 Å². The largest absolute Gasteiger partial charge is 0.374 e. The first-order valence-corrected chi connectivity index (χ1v) is 5.83. The van der Waals surface area contributed by atoms with E-state index in [1.807, 2.05) is 0 Å². The molecule has 0 aromatic rings. The lowest BCUT2D eigenvalue weighted by molar-refractivity contribution is -0.0298. The first-order valence-electron chi connectivity index (χ1n) is 5.83. The number of hydrogen-bond donors (Lipinski definition) is 1. The van der Waals surface area contributed by atoms with Crippen molar-refractivity contribution in [3.63, 3.8) is 0 Å². The van der Waals surface area contributed by atoms with E-state index in [2.05, 4.69) is 16.3 Å². The summed E-state index contributed by atoms with van der Waals surface area (Å²) in [6.45, 7) is 4.68. The van der Waals surface area contributed by atoms with Crippen LogP contribution in [0, 0.1) is 11.3 Å². The summed E-state index contributed by atoms with van der Waals surface area (Å²) < 4.78 is 5.68. The molecule has 0 amide bonds. The van der Waals surface area contributed by atoms with Crippen molar-refractivity contribution in [2.24, 2.45) is 0 Å². The molecule has 0 aromatic heterocycles. The Morgan fingerprint density at radius 2 is 2.33 bits per heavy atom. The summed E-state index contributed by atoms with van der Waals surface area (Å²) in [6, 6.07) is 2.97. The summed E-state index contributed by atoms with van der Waals surface area (Å²) >= 11 is 0. The Balaban J connectivity index is 1.62. The quantitative estimate of drug-likeness (QED) is 0.664. The summed E-state index contributed by atoms with van der Waals surface area (Å²) in [4.78, 5) is 2.54. The van der Waals surface area contributed by atoms with Crippen molar-refractivity contribution in [2.75, 3.05) is 32.8 Å². The maximum atomic E-state index is 8.40. The van der Waals surface area contributed by atoms with Gasteiger partial charge in [-0.1, -0.05) is 0 Å². The molecular formula is C11H19N3O. The standard InChI is InChI=1S/C11H19N3O/c12-4-1-5-13-8-11-9-14(6-7-15-11)10-2-3-10/h10-11,13H,1-3,5-9H2. The molecule has 0 bridgehead atoms. The van der Waals surface area contributed by atoms with Gasteiger partial charge in [-0.2, -0.15) is 5.26 Å². The summed E-state index contributed by atoms with van der Waals surface area (Å²) in [5.74, 6) is 0. The smallest absolute Gasteiger partial charge is 0.0826 e. The molecule has 1 atom stereocenters. The van der Waals surface area contributed by atoms with Gasteiger partial charge in [-0.3, -0.25) is 4.90 Å². The second-order valence-electron chi connectivity index (χ2n) is 4.33. The second kappa shape index (κ2) is 5.45. The van der Waals surface area contributed by atoms with Gasteiger partial charge in [-0.25, -0.2) is 0 Å². The third-order valence-corrected chi connectivity index (χ3v) is 3.02. The predicted molar refractivity (Wildman–Crippen MR) is 57.4 cm³/mol. The Bertz CT molecular complexity index is 234. The molecule has 1 saturated heterocycles. The van der Waals surface area contributed by atoms with Gasteiger partial charge < -0.3 is 10.1 Å². The molecule has 2 rings (SSSR count). The van der Waals surface area contributed by atoms with Crippen LogP contribution in [0.15, 0.2) is 0 Å². The average molecular weight is 209 g/mol. The van der Waals surface area contributed by atoms with Gasteiger partial charge in [0, 0.05) is 38.6 Å². The fourth-order valence-corrected chi connectivity index (χ4v) is 2.04. The molecule has 1 aliphatic carbocycles. The van der Waals surface area contributed by atoms with E-state index in [-0.39, 0.29) is 0 Å². The van der Waals surface area contributed by atoms with E-state index in [1.54, 1.807) is 0 Å². The third-order valence-electron chi connectivity index (χ3n) is 3.02. The molecule has 1 aliphatic heterocycles. The van der Waals surface area contributed by atoms with Crippen LogP contribution in [0.1, 0.15) is 19.3 Å². The molecule has 1 unspecified atom stereocenters. The van der Waals surface area contributed by atoms with E-state index >= 15 is 0 Å². The zero-order valence-electron chi connectivity index (χ0n) is 9.11. The van der Waals surface area contributed by atoms with Gasteiger partial charge in [0.2, 0.25) is 0 Å². The molecule has 2 aliphatic rings. The number of nitrogens with zero attached hydrogens (tertiary/aromatic N) is 2. The van der Waals surface area contributed by atoms with Crippen LogP contribution in [0.25, 0.3) is 0 Å². The van der Waals surface area contributed by atoms with Gasteiger partial charge in [0.25, 0.3) is 0 Å². The lowest BCUT2D eigenvalue weighted by Gasteiger charge is -2.33. The van der Waals surface area contributed by atoms with Crippen LogP contribution in [-0.2, 0) is 4.74 Å². The number of hydrogen-bond acceptors (Lipinski definition) is 4. The molecule has 84 valence electrons. The summed E-state index contributed by atoms with van der Waals surface area (Å²) in [6.07, 6.45) is 3.64. The van der Waals surface area contributed by atoms with E-state index in [4.69, 9.17) is 10.00 Å². The van der Waals surface area contributed by atoms with Crippen molar-refractivity contribution in [3.05, 3.63) is 0 Å². The minimum absolute atomic E-state index is 0.318. The van der Waals surface area contributed by atoms with E-state index < -0.39 is 0 Å². The second-order valence-corrected chi connectivity index (χ2v) is 4.33. The monoisotopic (exact) mass is 209 g/mol. The number of nitrogens with one attached hydrogen (secondary N) is 1. The summed E-state index contributed by atoms with van der Waals surface area (Å²) in [5, 5.41) is 11.7. The maximum Gasteiger partial charge on any atom is 0.0826 e. The Hall–Kier alpha value is -0.630. The van der Waals surface area contributed by atoms with Crippen LogP contribution in [0.5, 0.6) is 0 Å². The van der Waals surface area contributed by atoms with Crippen molar-refractivity contribution in [1.29, 1.82) is 5.26 Å². The molecule has 0 radical (unpaired) electrons. The zero-order chi connectivity index (χ0) is 10.5. The van der Waals surface area contributed by atoms with Crippen LogP contribution >= 0.6 is 0 Å². The highest BCUT2D eigenvalue weighted by Crippen LogP contribution is 2.27. The summed E-state index contributed by atoms with van der Waals surface area (Å²) in [7, 11) is 0. The molecule has 4 heteroatoms. The molecule has 0 spiro atoms. The number of ether oxygens (including phenoxy) is 1. The molecule has 2 fully saturated rings. The maximum absolute atomic E-state index is 8.40. The van der Waals surface area contributed by atoms with Crippen molar-refractivity contribution >= 4 is 0 Å². The minimum atomic E-state index is 0.318. The van der Waals surface area contributed by atoms with Crippen molar-refractivity contribution in [1.82, 2.24) is 10.2 Å². The number of nitriles is 1. The SMILES string of the molecule is N#CCCNCC1CN(C2CC2)CCO1. The van der Waals surface area contributed by atoms with Gasteiger partial charge in [-0.15, -0.1) is 0 Å². The lowest BCUT2D eigenvalue weighted by Crippen LogP contribution is -2.47. The fraction of sp³-hybridized carbons (Fsp3) is 0.909. The highest BCUT2D eigenvalue weighted by Gasteiger charge is 2.32. The predicted octanol–water partition coefficient (Wildman–Crippen LogP) is 0.353. The van der Waals surface area contributed by atoms with Gasteiger partial charge in [0.1, 0.15) is 0 Å². The lowest BCUT2D eigenvalue weighted by atomic mass is 10.2. The van der Waals surface area contributed by atoms with Crippen LogP contribution in [0.3, 0.4) is 0 Å². The molecule has 1 N–H and O–H groups in total. The molecule has 1 saturated carbocycles. The normalized spacial score (nSPS) is 27.5. The Morgan fingerprint density at radius 1 is 1.47 bits per heavy atom. The zero-order valence-corrected chi connectivity index (χ0v) is 9.11. The Kier molecular flexibility index (Phi) is 3.95. The first-order chi connectivity index (χ1) is 7.40. The van der Waals surface area contributed by atoms with Gasteiger partial charge in [0.05, 0.1) is 18.8 Å². The number of rotatable bonds is 5. The number of morpholine rings is 1. The molecule has 1 heterocycles. The molecule has 0 aromatic carbocycles. The highest BCUT2D eigenvalue weighted by atomic mass is 16.5. The van der Waals surface area contributed by atoms with Gasteiger partial charge >= 0.3 is 0 Å². The highest BCUT2D eigenvalue weighted by molar-refractivity contribution is 4.88. The van der Waals surface area contributed by atoms with E-state index in [0.717, 1.165) is 38.8 Å². The average Bonchev–Trinajstić information content (AvgIpc) is 3.09. The van der Waals surface area contributed by atoms with Crippen LogP contribution in [0.2, 0.25) is 0 Å². The minimum Gasteiger partial charge on any atom is -0.374 e. The summed E-state index contributed by atoms with van der Waals surface area (Å²) in [5.41, 5.74) is 0. The van der Waals surface area contributed by atoms with Gasteiger partial charge in [0.15, 0.2) is 0 Å². The fourth-order valence-electron chi connectivity index (χ4n) is 2.04. The van der Waals surface area contributed by atoms with Crippen LogP contribution < -0.4 is 5.32 Å². The van der Waals surface area contributed by atoms with Crippen molar-refractivity contribution in [3.8, 4) is 6.07 Å². The van der Waals surface area contributed by atoms with Crippen LogP contribution in [-0.4, -0.2) is 49.8 Å².